The molecule has 8 heteroatoms. The van der Waals surface area contributed by atoms with Gasteiger partial charge in [0.25, 0.3) is 0 Å². The molecule has 0 amide bonds. The molecular formula is C4H8Cl2FO4P. The van der Waals surface area contributed by atoms with E-state index in [0.29, 0.717) is 0 Å². The Morgan fingerprint density at radius 1 is 1.17 bits per heavy atom. The molecule has 0 aromatic carbocycles. The van der Waals surface area contributed by atoms with Crippen molar-refractivity contribution in [3.63, 3.8) is 0 Å². The Bertz CT molecular complexity index is 146. The monoisotopic (exact) mass is 240 g/mol. The maximum atomic E-state index is 11.6. The molecule has 0 aliphatic heterocycles. The van der Waals surface area contributed by atoms with E-state index in [1.54, 1.807) is 0 Å². The molecule has 0 fully saturated rings. The van der Waals surface area contributed by atoms with Gasteiger partial charge in [0.2, 0.25) is 0 Å². The van der Waals surface area contributed by atoms with Crippen LogP contribution in [0.4, 0.5) is 4.53 Å². The molecule has 0 rings (SSSR count). The normalized spacial score (nSPS) is 11.9. The van der Waals surface area contributed by atoms with E-state index in [2.05, 4.69) is 13.8 Å². The van der Waals surface area contributed by atoms with E-state index in [1.165, 1.54) is 0 Å². The van der Waals surface area contributed by atoms with Crippen LogP contribution in [0.15, 0.2) is 0 Å². The molecule has 74 valence electrons. The van der Waals surface area contributed by atoms with Crippen LogP contribution in [0.5, 0.6) is 0 Å². The van der Waals surface area contributed by atoms with Gasteiger partial charge < -0.3 is 0 Å². The summed E-state index contributed by atoms with van der Waals surface area (Å²) in [6.45, 7) is -0.240. The van der Waals surface area contributed by atoms with Crippen molar-refractivity contribution >= 4 is 31.0 Å². The van der Waals surface area contributed by atoms with Gasteiger partial charge in [-0.15, -0.1) is 23.2 Å². The van der Waals surface area contributed by atoms with Gasteiger partial charge in [0.05, 0.1) is 13.2 Å². The van der Waals surface area contributed by atoms with Crippen molar-refractivity contribution in [3.8, 4) is 0 Å². The number of alkyl halides is 2. The van der Waals surface area contributed by atoms with Crippen molar-refractivity contribution in [1.82, 2.24) is 0 Å². The quantitative estimate of drug-likeness (QED) is 0.507. The van der Waals surface area contributed by atoms with E-state index in [4.69, 9.17) is 23.2 Å². The second-order valence-corrected chi connectivity index (χ2v) is 3.87. The number of hydrogen-bond donors (Lipinski definition) is 0. The van der Waals surface area contributed by atoms with Gasteiger partial charge in [-0.3, -0.25) is 9.05 Å². The van der Waals surface area contributed by atoms with Crippen LogP contribution in [0.2, 0.25) is 0 Å². The van der Waals surface area contributed by atoms with Crippen molar-refractivity contribution in [2.24, 2.45) is 0 Å². The second-order valence-electron chi connectivity index (χ2n) is 1.56. The Morgan fingerprint density at radius 2 is 1.58 bits per heavy atom. The van der Waals surface area contributed by atoms with Gasteiger partial charge in [-0.1, -0.05) is 4.73 Å². The molecule has 0 aliphatic carbocycles. The Kier molecular flexibility index (Phi) is 7.43. The summed E-state index contributed by atoms with van der Waals surface area (Å²) in [6.07, 6.45) is 0. The minimum atomic E-state index is -4.07. The van der Waals surface area contributed by atoms with Crippen LogP contribution in [-0.4, -0.2) is 25.0 Å². The third-order valence-electron chi connectivity index (χ3n) is 0.738. The topological polar surface area (TPSA) is 44.8 Å². The van der Waals surface area contributed by atoms with Crippen molar-refractivity contribution in [1.29, 1.82) is 0 Å². The smallest absolute Gasteiger partial charge is 0.284 e. The lowest BCUT2D eigenvalue weighted by Gasteiger charge is -2.10. The van der Waals surface area contributed by atoms with Crippen LogP contribution in [0.1, 0.15) is 0 Å². The van der Waals surface area contributed by atoms with E-state index < -0.39 is 7.82 Å². The molecular weight excluding hydrogens is 233 g/mol. The highest BCUT2D eigenvalue weighted by Gasteiger charge is 2.27. The summed E-state index contributed by atoms with van der Waals surface area (Å²) in [7, 11) is -4.07. The van der Waals surface area contributed by atoms with Crippen LogP contribution in [0.3, 0.4) is 0 Å². The number of halogens is 3. The zero-order chi connectivity index (χ0) is 9.45. The lowest BCUT2D eigenvalue weighted by atomic mass is 10.9. The standard InChI is InChI=1S/C4H8Cl2FO4P/c5-1-3-9-12(8,11-7)10-4-2-6/h1-4H2. The average Bonchev–Trinajstić information content (AvgIpc) is 2.11. The highest BCUT2D eigenvalue weighted by Crippen LogP contribution is 2.49. The van der Waals surface area contributed by atoms with Crippen molar-refractivity contribution in [2.45, 2.75) is 0 Å². The van der Waals surface area contributed by atoms with Crippen LogP contribution >= 0.6 is 31.0 Å². The molecule has 0 bridgehead atoms. The average molecular weight is 241 g/mol. The van der Waals surface area contributed by atoms with Crippen LogP contribution in [0.25, 0.3) is 0 Å². The Morgan fingerprint density at radius 3 is 1.83 bits per heavy atom. The van der Waals surface area contributed by atoms with Gasteiger partial charge in [-0.2, -0.15) is 0 Å². The molecule has 0 heterocycles. The van der Waals surface area contributed by atoms with Gasteiger partial charge in [-0.25, -0.2) is 4.57 Å². The Hall–Kier alpha value is 0.620. The summed E-state index contributed by atoms with van der Waals surface area (Å²) in [5.41, 5.74) is 0. The highest BCUT2D eigenvalue weighted by atomic mass is 35.5. The molecule has 0 saturated carbocycles. The second kappa shape index (κ2) is 7.06. The summed E-state index contributed by atoms with van der Waals surface area (Å²) in [5, 5.41) is 0. The van der Waals surface area contributed by atoms with Gasteiger partial charge in [0, 0.05) is 11.8 Å². The summed E-state index contributed by atoms with van der Waals surface area (Å²) < 4.78 is 34.3. The maximum Gasteiger partial charge on any atom is 0.506 e. The molecule has 0 spiro atoms. The first-order chi connectivity index (χ1) is 5.68. The SMILES string of the molecule is O=P(OF)(OCCCl)OCCCl. The van der Waals surface area contributed by atoms with Gasteiger partial charge >= 0.3 is 7.82 Å². The van der Waals surface area contributed by atoms with Crippen LogP contribution in [-0.2, 0) is 18.3 Å². The molecule has 0 aromatic heterocycles. The van der Waals surface area contributed by atoms with Gasteiger partial charge in [0.15, 0.2) is 0 Å². The highest BCUT2D eigenvalue weighted by molar-refractivity contribution is 7.48. The lowest BCUT2D eigenvalue weighted by molar-refractivity contribution is -0.0549. The summed E-state index contributed by atoms with van der Waals surface area (Å²) in [5.74, 6) is 0.134. The van der Waals surface area contributed by atoms with E-state index in [-0.39, 0.29) is 25.0 Å². The fourth-order valence-corrected chi connectivity index (χ4v) is 1.52. The third-order valence-corrected chi connectivity index (χ3v) is 2.21. The predicted molar refractivity (Wildman–Crippen MR) is 43.1 cm³/mol. The summed E-state index contributed by atoms with van der Waals surface area (Å²) in [6, 6.07) is 0. The summed E-state index contributed by atoms with van der Waals surface area (Å²) >= 11 is 10.4. The Balaban J connectivity index is 3.79. The number of phosphoric acid groups is 1. The molecule has 4 nitrogen and oxygen atoms in total. The van der Waals surface area contributed by atoms with E-state index in [1.807, 2.05) is 0 Å². The minimum absolute atomic E-state index is 0.0670. The van der Waals surface area contributed by atoms with Crippen molar-refractivity contribution in [3.05, 3.63) is 0 Å². The van der Waals surface area contributed by atoms with Gasteiger partial charge in [0.1, 0.15) is 0 Å². The van der Waals surface area contributed by atoms with Gasteiger partial charge in [-0.05, 0) is 4.53 Å². The fourth-order valence-electron chi connectivity index (χ4n) is 0.370. The largest absolute Gasteiger partial charge is 0.506 e. The third kappa shape index (κ3) is 5.30. The first-order valence-corrected chi connectivity index (χ1v) is 5.53. The number of phosphoric ester groups is 1. The molecule has 0 radical (unpaired) electrons. The summed E-state index contributed by atoms with van der Waals surface area (Å²) in [4.78, 5) is 0. The molecule has 0 atom stereocenters. The number of rotatable bonds is 7. The molecule has 0 unspecified atom stereocenters. The molecule has 0 aromatic rings. The zero-order valence-electron chi connectivity index (χ0n) is 6.04. The predicted octanol–water partition coefficient (Wildman–Crippen LogP) is 2.51. The molecule has 12 heavy (non-hydrogen) atoms. The van der Waals surface area contributed by atoms with Crippen molar-refractivity contribution < 1.29 is 22.9 Å². The van der Waals surface area contributed by atoms with Crippen LogP contribution < -0.4 is 0 Å². The van der Waals surface area contributed by atoms with E-state index >= 15 is 0 Å². The first-order valence-electron chi connectivity index (χ1n) is 3.00. The fraction of sp³-hybridized carbons (Fsp3) is 1.00. The zero-order valence-corrected chi connectivity index (χ0v) is 8.45. The van der Waals surface area contributed by atoms with Crippen LogP contribution in [0, 0.1) is 0 Å². The van der Waals surface area contributed by atoms with E-state index in [0.717, 1.165) is 0 Å². The number of hydrogen-bond acceptors (Lipinski definition) is 4. The minimum Gasteiger partial charge on any atom is -0.284 e. The lowest BCUT2D eigenvalue weighted by Crippen LogP contribution is -2.00. The first kappa shape index (κ1) is 12.6. The molecule has 0 N–H and O–H groups in total. The molecule has 0 saturated heterocycles. The Labute approximate surface area is 79.4 Å². The van der Waals surface area contributed by atoms with Crippen molar-refractivity contribution in [2.75, 3.05) is 25.0 Å². The molecule has 0 aliphatic rings. The maximum absolute atomic E-state index is 11.6. The van der Waals surface area contributed by atoms with E-state index in [9.17, 15) is 9.09 Å².